The molecular weight excluding hydrogens is 306 g/mol. The molecule has 1 heterocycles. The molecule has 0 aliphatic rings. The van der Waals surface area contributed by atoms with Crippen molar-refractivity contribution in [1.82, 2.24) is 5.32 Å². The number of carbonyl (C=O) groups is 2. The van der Waals surface area contributed by atoms with Gasteiger partial charge in [0.25, 0.3) is 5.91 Å². The Morgan fingerprint density at radius 3 is 2.62 bits per heavy atom. The summed E-state index contributed by atoms with van der Waals surface area (Å²) >= 11 is 0. The Kier molecular flexibility index (Phi) is 4.61. The van der Waals surface area contributed by atoms with E-state index in [0.29, 0.717) is 11.3 Å². The van der Waals surface area contributed by atoms with Crippen molar-refractivity contribution in [2.24, 2.45) is 0 Å². The first-order valence-corrected chi connectivity index (χ1v) is 7.63. The fourth-order valence-electron chi connectivity index (χ4n) is 2.33. The second-order valence-electron chi connectivity index (χ2n) is 5.41. The van der Waals surface area contributed by atoms with Crippen LogP contribution in [-0.2, 0) is 16.1 Å². The van der Waals surface area contributed by atoms with Crippen LogP contribution in [0.25, 0.3) is 10.8 Å². The molecule has 1 amide bonds. The molecule has 0 aliphatic carbocycles. The first kappa shape index (κ1) is 15.8. The summed E-state index contributed by atoms with van der Waals surface area (Å²) in [6, 6.07) is 16.5. The maximum Gasteiger partial charge on any atom is 0.338 e. The summed E-state index contributed by atoms with van der Waals surface area (Å²) in [7, 11) is 0. The van der Waals surface area contributed by atoms with E-state index in [9.17, 15) is 9.59 Å². The Labute approximate surface area is 139 Å². The van der Waals surface area contributed by atoms with Crippen LogP contribution in [0.4, 0.5) is 0 Å². The normalized spacial score (nSPS) is 11.9. The second kappa shape index (κ2) is 7.00. The molecule has 0 fully saturated rings. The third kappa shape index (κ3) is 3.63. The topological polar surface area (TPSA) is 68.5 Å². The number of hydrogen-bond acceptors (Lipinski definition) is 4. The molecule has 0 saturated heterocycles. The summed E-state index contributed by atoms with van der Waals surface area (Å²) in [5, 5.41) is 4.65. The average Bonchev–Trinajstić information content (AvgIpc) is 3.12. The van der Waals surface area contributed by atoms with Crippen LogP contribution in [0.5, 0.6) is 0 Å². The van der Waals surface area contributed by atoms with Gasteiger partial charge in [-0.15, -0.1) is 0 Å². The minimum absolute atomic E-state index is 0.254. The van der Waals surface area contributed by atoms with Gasteiger partial charge in [-0.3, -0.25) is 4.79 Å². The lowest BCUT2D eigenvalue weighted by Gasteiger charge is -2.13. The first-order chi connectivity index (χ1) is 11.6. The Morgan fingerprint density at radius 2 is 1.88 bits per heavy atom. The quantitative estimate of drug-likeness (QED) is 0.732. The van der Waals surface area contributed by atoms with E-state index in [2.05, 4.69) is 5.32 Å². The summed E-state index contributed by atoms with van der Waals surface area (Å²) < 4.78 is 10.4. The zero-order valence-corrected chi connectivity index (χ0v) is 13.2. The van der Waals surface area contributed by atoms with Crippen molar-refractivity contribution in [2.45, 2.75) is 19.6 Å². The Balaban J connectivity index is 1.61. The van der Waals surface area contributed by atoms with Crippen LogP contribution in [0.3, 0.4) is 0 Å². The van der Waals surface area contributed by atoms with Crippen LogP contribution in [0, 0.1) is 0 Å². The minimum atomic E-state index is -0.890. The van der Waals surface area contributed by atoms with Crippen LogP contribution in [-0.4, -0.2) is 18.0 Å². The molecular formula is C19H17NO4. The molecule has 5 heteroatoms. The molecule has 1 N–H and O–H groups in total. The summed E-state index contributed by atoms with van der Waals surface area (Å²) in [5.41, 5.74) is 0.416. The molecule has 5 nitrogen and oxygen atoms in total. The van der Waals surface area contributed by atoms with E-state index in [4.69, 9.17) is 9.15 Å². The van der Waals surface area contributed by atoms with Crippen molar-refractivity contribution >= 4 is 22.6 Å². The average molecular weight is 323 g/mol. The molecule has 3 aromatic rings. The van der Waals surface area contributed by atoms with E-state index in [1.807, 2.05) is 30.3 Å². The van der Waals surface area contributed by atoms with Crippen LogP contribution in [0.1, 0.15) is 23.0 Å². The number of hydrogen-bond donors (Lipinski definition) is 1. The monoisotopic (exact) mass is 323 g/mol. The zero-order chi connectivity index (χ0) is 16.9. The van der Waals surface area contributed by atoms with Crippen molar-refractivity contribution < 1.29 is 18.7 Å². The Bertz CT molecular complexity index is 855. The van der Waals surface area contributed by atoms with Gasteiger partial charge in [0.2, 0.25) is 0 Å². The molecule has 0 bridgehead atoms. The second-order valence-corrected chi connectivity index (χ2v) is 5.41. The molecule has 0 saturated carbocycles. The van der Waals surface area contributed by atoms with Gasteiger partial charge < -0.3 is 14.5 Å². The Morgan fingerprint density at radius 1 is 1.08 bits per heavy atom. The number of amides is 1. The lowest BCUT2D eigenvalue weighted by atomic mass is 10.1. The number of ether oxygens (including phenoxy) is 1. The predicted octanol–water partition coefficient (Wildman–Crippen LogP) is 3.29. The molecule has 1 atom stereocenters. The van der Waals surface area contributed by atoms with Gasteiger partial charge in [-0.1, -0.05) is 30.3 Å². The highest BCUT2D eigenvalue weighted by Gasteiger charge is 2.19. The van der Waals surface area contributed by atoms with Gasteiger partial charge >= 0.3 is 5.97 Å². The van der Waals surface area contributed by atoms with E-state index < -0.39 is 12.1 Å². The molecule has 0 aliphatic heterocycles. The Hall–Kier alpha value is -3.08. The van der Waals surface area contributed by atoms with Gasteiger partial charge in [-0.05, 0) is 42.0 Å². The van der Waals surface area contributed by atoms with Crippen LogP contribution in [0.2, 0.25) is 0 Å². The van der Waals surface area contributed by atoms with Gasteiger partial charge in [0.05, 0.1) is 18.4 Å². The number of furan rings is 1. The SMILES string of the molecule is C[C@@H](OC(=O)c1ccc2ccccc2c1)C(=O)NCc1ccco1. The van der Waals surface area contributed by atoms with Gasteiger partial charge in [0, 0.05) is 0 Å². The highest BCUT2D eigenvalue weighted by molar-refractivity contribution is 5.96. The predicted molar refractivity (Wildman–Crippen MR) is 89.4 cm³/mol. The largest absolute Gasteiger partial charge is 0.467 e. The number of carbonyl (C=O) groups excluding carboxylic acids is 2. The number of benzene rings is 2. The fraction of sp³-hybridized carbons (Fsp3) is 0.158. The molecule has 3 rings (SSSR count). The maximum atomic E-state index is 12.2. The van der Waals surface area contributed by atoms with Crippen molar-refractivity contribution in [1.29, 1.82) is 0 Å². The molecule has 0 unspecified atom stereocenters. The maximum absolute atomic E-state index is 12.2. The van der Waals surface area contributed by atoms with E-state index in [1.54, 1.807) is 24.3 Å². The molecule has 0 spiro atoms. The van der Waals surface area contributed by atoms with Crippen LogP contribution >= 0.6 is 0 Å². The van der Waals surface area contributed by atoms with Crippen molar-refractivity contribution in [3.05, 3.63) is 72.2 Å². The summed E-state index contributed by atoms with van der Waals surface area (Å²) in [6.45, 7) is 1.79. The van der Waals surface area contributed by atoms with Crippen LogP contribution < -0.4 is 5.32 Å². The molecule has 122 valence electrons. The third-order valence-electron chi connectivity index (χ3n) is 3.66. The van der Waals surface area contributed by atoms with Crippen LogP contribution in [0.15, 0.2) is 65.3 Å². The number of nitrogens with one attached hydrogen (secondary N) is 1. The molecule has 24 heavy (non-hydrogen) atoms. The number of esters is 1. The van der Waals surface area contributed by atoms with Gasteiger partial charge in [-0.25, -0.2) is 4.79 Å². The molecule has 1 aromatic heterocycles. The third-order valence-corrected chi connectivity index (χ3v) is 3.66. The van der Waals surface area contributed by atoms with E-state index in [1.165, 1.54) is 13.2 Å². The van der Waals surface area contributed by atoms with Crippen molar-refractivity contribution in [3.63, 3.8) is 0 Å². The van der Waals surface area contributed by atoms with Gasteiger partial charge in [0.15, 0.2) is 6.10 Å². The van der Waals surface area contributed by atoms with E-state index >= 15 is 0 Å². The summed E-state index contributed by atoms with van der Waals surface area (Å²) in [4.78, 5) is 24.2. The van der Waals surface area contributed by atoms with E-state index in [-0.39, 0.29) is 12.5 Å². The summed E-state index contributed by atoms with van der Waals surface area (Å²) in [6.07, 6.45) is 0.643. The lowest BCUT2D eigenvalue weighted by molar-refractivity contribution is -0.129. The summed E-state index contributed by atoms with van der Waals surface area (Å²) in [5.74, 6) is -0.265. The number of fused-ring (bicyclic) bond motifs is 1. The zero-order valence-electron chi connectivity index (χ0n) is 13.2. The van der Waals surface area contributed by atoms with Crippen molar-refractivity contribution in [3.8, 4) is 0 Å². The standard InChI is InChI=1S/C19H17NO4/c1-13(18(21)20-12-17-7-4-10-23-17)24-19(22)16-9-8-14-5-2-3-6-15(14)11-16/h2-11,13H,12H2,1H3,(H,20,21)/t13-/m1/s1. The highest BCUT2D eigenvalue weighted by Crippen LogP contribution is 2.16. The fourth-order valence-corrected chi connectivity index (χ4v) is 2.33. The number of rotatable bonds is 5. The molecule has 0 radical (unpaired) electrons. The smallest absolute Gasteiger partial charge is 0.338 e. The lowest BCUT2D eigenvalue weighted by Crippen LogP contribution is -2.35. The molecule has 2 aromatic carbocycles. The highest BCUT2D eigenvalue weighted by atomic mass is 16.5. The van der Waals surface area contributed by atoms with Gasteiger partial charge in [-0.2, -0.15) is 0 Å². The van der Waals surface area contributed by atoms with Gasteiger partial charge in [0.1, 0.15) is 5.76 Å². The minimum Gasteiger partial charge on any atom is -0.467 e. The van der Waals surface area contributed by atoms with Crippen molar-refractivity contribution in [2.75, 3.05) is 0 Å². The first-order valence-electron chi connectivity index (χ1n) is 7.63. The van der Waals surface area contributed by atoms with E-state index in [0.717, 1.165) is 10.8 Å².